The van der Waals surface area contributed by atoms with Crippen LogP contribution >= 0.6 is 0 Å². The molecule has 0 aliphatic carbocycles. The van der Waals surface area contributed by atoms with Crippen molar-refractivity contribution in [1.29, 1.82) is 0 Å². The molecule has 1 aromatic carbocycles. The Morgan fingerprint density at radius 1 is 1.38 bits per heavy atom. The zero-order chi connectivity index (χ0) is 15.5. The third kappa shape index (κ3) is 4.09. The predicted molar refractivity (Wildman–Crippen MR) is 69.8 cm³/mol. The highest BCUT2D eigenvalue weighted by atomic mass is 32.2. The maximum atomic E-state index is 13.0. The lowest BCUT2D eigenvalue weighted by Crippen LogP contribution is -2.25. The summed E-state index contributed by atoms with van der Waals surface area (Å²) < 4.78 is 40.2. The van der Waals surface area contributed by atoms with Crippen molar-refractivity contribution >= 4 is 15.7 Å². The second kappa shape index (κ2) is 6.00. The summed E-state index contributed by atoms with van der Waals surface area (Å²) in [7, 11) is -3.54. The van der Waals surface area contributed by atoms with Crippen LogP contribution in [0.1, 0.15) is 16.2 Å². The van der Waals surface area contributed by atoms with E-state index in [9.17, 15) is 17.6 Å². The molecule has 0 saturated heterocycles. The number of hydrogen-bond acceptors (Lipinski definition) is 6. The molecule has 0 spiro atoms. The molecular weight excluding hydrogens is 301 g/mol. The number of carbonyl (C=O) groups excluding carboxylic acids is 1. The van der Waals surface area contributed by atoms with Gasteiger partial charge in [0.15, 0.2) is 0 Å². The molecule has 0 radical (unpaired) electrons. The lowest BCUT2D eigenvalue weighted by atomic mass is 10.2. The van der Waals surface area contributed by atoms with Crippen LogP contribution in [0.3, 0.4) is 0 Å². The number of halogens is 1. The zero-order valence-corrected chi connectivity index (χ0v) is 11.9. The third-order valence-electron chi connectivity index (χ3n) is 2.48. The molecule has 1 heterocycles. The van der Waals surface area contributed by atoms with Gasteiger partial charge in [-0.15, -0.1) is 5.10 Å². The van der Waals surface area contributed by atoms with E-state index in [0.29, 0.717) is 0 Å². The summed E-state index contributed by atoms with van der Waals surface area (Å²) in [6, 6.07) is 5.26. The highest BCUT2D eigenvalue weighted by Gasteiger charge is 2.16. The SMILES string of the molecule is CS(=O)(=O)c1nnc(CCNC(=O)c2cccc(F)c2)o1. The minimum Gasteiger partial charge on any atom is -0.412 e. The van der Waals surface area contributed by atoms with Crippen LogP contribution in [-0.2, 0) is 16.3 Å². The van der Waals surface area contributed by atoms with Crippen LogP contribution in [0.4, 0.5) is 4.39 Å². The van der Waals surface area contributed by atoms with Crippen molar-refractivity contribution in [3.8, 4) is 0 Å². The van der Waals surface area contributed by atoms with E-state index in [4.69, 9.17) is 4.42 Å². The van der Waals surface area contributed by atoms with Gasteiger partial charge in [-0.1, -0.05) is 11.2 Å². The molecule has 0 saturated carbocycles. The van der Waals surface area contributed by atoms with Gasteiger partial charge in [0.2, 0.25) is 15.7 Å². The van der Waals surface area contributed by atoms with Gasteiger partial charge in [-0.25, -0.2) is 12.8 Å². The fourth-order valence-electron chi connectivity index (χ4n) is 1.50. The van der Waals surface area contributed by atoms with E-state index in [1.165, 1.54) is 18.2 Å². The molecule has 7 nitrogen and oxygen atoms in total. The smallest absolute Gasteiger partial charge is 0.335 e. The minimum atomic E-state index is -3.54. The molecule has 0 unspecified atom stereocenters. The Kier molecular flexibility index (Phi) is 4.32. The van der Waals surface area contributed by atoms with Crippen molar-refractivity contribution in [2.75, 3.05) is 12.8 Å². The Bertz CT molecular complexity index is 757. The first-order chi connectivity index (χ1) is 9.86. The van der Waals surface area contributed by atoms with Gasteiger partial charge in [-0.2, -0.15) is 0 Å². The predicted octanol–water partition coefficient (Wildman–Crippen LogP) is 0.585. The Hall–Kier alpha value is -2.29. The molecule has 1 amide bonds. The fraction of sp³-hybridized carbons (Fsp3) is 0.250. The van der Waals surface area contributed by atoms with Crippen LogP contribution in [0, 0.1) is 5.82 Å². The van der Waals surface area contributed by atoms with Crippen molar-refractivity contribution in [2.45, 2.75) is 11.6 Å². The highest BCUT2D eigenvalue weighted by Crippen LogP contribution is 2.07. The number of nitrogens with one attached hydrogen (secondary N) is 1. The maximum absolute atomic E-state index is 13.0. The molecule has 0 aliphatic rings. The molecular formula is C12H12FN3O4S. The number of sulfone groups is 1. The lowest BCUT2D eigenvalue weighted by molar-refractivity contribution is 0.0953. The second-order valence-corrected chi connectivity index (χ2v) is 6.14. The van der Waals surface area contributed by atoms with Gasteiger partial charge in [0.05, 0.1) is 0 Å². The largest absolute Gasteiger partial charge is 0.412 e. The van der Waals surface area contributed by atoms with E-state index in [0.717, 1.165) is 12.3 Å². The Labute approximate surface area is 120 Å². The summed E-state index contributed by atoms with van der Waals surface area (Å²) in [5.41, 5.74) is 0.192. The number of benzene rings is 1. The van der Waals surface area contributed by atoms with Crippen LogP contribution < -0.4 is 5.32 Å². The second-order valence-electron chi connectivity index (χ2n) is 4.25. The monoisotopic (exact) mass is 313 g/mol. The van der Waals surface area contributed by atoms with Gasteiger partial charge >= 0.3 is 5.22 Å². The molecule has 0 aliphatic heterocycles. The number of rotatable bonds is 5. The van der Waals surface area contributed by atoms with Crippen LogP contribution in [0.15, 0.2) is 33.9 Å². The van der Waals surface area contributed by atoms with E-state index in [1.54, 1.807) is 0 Å². The van der Waals surface area contributed by atoms with E-state index < -0.39 is 26.8 Å². The molecule has 0 fully saturated rings. The molecule has 1 aromatic heterocycles. The minimum absolute atomic E-state index is 0.0926. The summed E-state index contributed by atoms with van der Waals surface area (Å²) in [6.07, 6.45) is 1.12. The molecule has 9 heteroatoms. The van der Waals surface area contributed by atoms with Crippen molar-refractivity contribution < 1.29 is 22.0 Å². The quantitative estimate of drug-likeness (QED) is 0.866. The summed E-state index contributed by atoms with van der Waals surface area (Å²) in [4.78, 5) is 11.7. The Morgan fingerprint density at radius 3 is 2.76 bits per heavy atom. The molecule has 1 N–H and O–H groups in total. The molecule has 0 atom stereocenters. The topological polar surface area (TPSA) is 102 Å². The highest BCUT2D eigenvalue weighted by molar-refractivity contribution is 7.90. The molecule has 21 heavy (non-hydrogen) atoms. The zero-order valence-electron chi connectivity index (χ0n) is 11.0. The van der Waals surface area contributed by atoms with Gasteiger partial charge in [0, 0.05) is 24.8 Å². The van der Waals surface area contributed by atoms with Crippen LogP contribution in [0.2, 0.25) is 0 Å². The number of carbonyl (C=O) groups is 1. The number of aromatic nitrogens is 2. The third-order valence-corrected chi connectivity index (χ3v) is 3.28. The van der Waals surface area contributed by atoms with E-state index >= 15 is 0 Å². The summed E-state index contributed by atoms with van der Waals surface area (Å²) in [5.74, 6) is -0.857. The van der Waals surface area contributed by atoms with Gasteiger partial charge in [0.1, 0.15) is 5.82 Å². The first-order valence-electron chi connectivity index (χ1n) is 5.92. The lowest BCUT2D eigenvalue weighted by Gasteiger charge is -2.03. The number of hydrogen-bond donors (Lipinski definition) is 1. The standard InChI is InChI=1S/C12H12FN3O4S/c1-21(18,19)12-16-15-10(20-12)5-6-14-11(17)8-3-2-4-9(13)7-8/h2-4,7H,5-6H2,1H3,(H,14,17). The fourth-order valence-corrected chi connectivity index (χ4v) is 1.94. The number of amides is 1. The average Bonchev–Trinajstić information content (AvgIpc) is 2.87. The van der Waals surface area contributed by atoms with Crippen molar-refractivity contribution in [1.82, 2.24) is 15.5 Å². The van der Waals surface area contributed by atoms with E-state index in [-0.39, 0.29) is 24.4 Å². The van der Waals surface area contributed by atoms with Gasteiger partial charge in [-0.05, 0) is 18.2 Å². The van der Waals surface area contributed by atoms with Crippen LogP contribution in [0.5, 0.6) is 0 Å². The first-order valence-corrected chi connectivity index (χ1v) is 7.81. The molecule has 0 bridgehead atoms. The number of nitrogens with zero attached hydrogens (tertiary/aromatic N) is 2. The maximum Gasteiger partial charge on any atom is 0.335 e. The van der Waals surface area contributed by atoms with Crippen LogP contribution in [0.25, 0.3) is 0 Å². The molecule has 2 rings (SSSR count). The van der Waals surface area contributed by atoms with Crippen molar-refractivity contribution in [3.05, 3.63) is 41.5 Å². The summed E-state index contributed by atoms with van der Waals surface area (Å²) in [6.45, 7) is 0.154. The molecule has 112 valence electrons. The summed E-state index contributed by atoms with van der Waals surface area (Å²) in [5, 5.41) is 9.02. The van der Waals surface area contributed by atoms with E-state index in [1.807, 2.05) is 0 Å². The Balaban J connectivity index is 1.90. The van der Waals surface area contributed by atoms with Crippen LogP contribution in [-0.4, -0.2) is 37.3 Å². The van der Waals surface area contributed by atoms with Crippen molar-refractivity contribution in [2.24, 2.45) is 0 Å². The molecule has 2 aromatic rings. The van der Waals surface area contributed by atoms with E-state index in [2.05, 4.69) is 15.5 Å². The van der Waals surface area contributed by atoms with Gasteiger partial charge < -0.3 is 9.73 Å². The average molecular weight is 313 g/mol. The summed E-state index contributed by atoms with van der Waals surface area (Å²) >= 11 is 0. The first kappa shape index (κ1) is 15.1. The Morgan fingerprint density at radius 2 is 2.14 bits per heavy atom. The van der Waals surface area contributed by atoms with Crippen molar-refractivity contribution in [3.63, 3.8) is 0 Å². The normalized spacial score (nSPS) is 11.3. The van der Waals surface area contributed by atoms with Gasteiger partial charge in [-0.3, -0.25) is 4.79 Å². The van der Waals surface area contributed by atoms with Gasteiger partial charge in [0.25, 0.3) is 5.91 Å².